The molecule has 1 aliphatic rings. The molecule has 0 aromatic rings. The van der Waals surface area contributed by atoms with E-state index in [2.05, 4.69) is 33.9 Å². The Balaban J connectivity index is 3.29. The minimum atomic E-state index is -2.05. The van der Waals surface area contributed by atoms with Gasteiger partial charge in [-0.1, -0.05) is 34.6 Å². The van der Waals surface area contributed by atoms with Crippen molar-refractivity contribution in [3.05, 3.63) is 0 Å². The van der Waals surface area contributed by atoms with Crippen LogP contribution in [-0.2, 0) is 28.2 Å². The fraction of sp³-hybridized carbons (Fsp3) is 0.900. The summed E-state index contributed by atoms with van der Waals surface area (Å²) in [4.78, 5) is 24.0. The average molecular weight is 403 g/mol. The number of carbonyl (C=O) groups excluding carboxylic acids is 2. The molecule has 0 radical (unpaired) electrons. The van der Waals surface area contributed by atoms with E-state index in [9.17, 15) is 9.59 Å². The number of methoxy groups -OCH3 is 2. The van der Waals surface area contributed by atoms with E-state index in [1.54, 1.807) is 6.92 Å². The highest BCUT2D eigenvalue weighted by Crippen LogP contribution is 2.45. The molecule has 0 N–H and O–H groups in total. The zero-order valence-electron chi connectivity index (χ0n) is 18.7. The number of aldehydes is 1. The maximum atomic E-state index is 12.3. The van der Waals surface area contributed by atoms with E-state index in [1.807, 2.05) is 13.8 Å². The summed E-state index contributed by atoms with van der Waals surface area (Å²) in [5.74, 6) is -2.25. The summed E-state index contributed by atoms with van der Waals surface area (Å²) in [7, 11) is 0.823. The van der Waals surface area contributed by atoms with Gasteiger partial charge in [0.05, 0.1) is 19.3 Å². The molecule has 0 aromatic heterocycles. The van der Waals surface area contributed by atoms with Gasteiger partial charge in [0, 0.05) is 18.9 Å². The van der Waals surface area contributed by atoms with Crippen LogP contribution in [0.4, 0.5) is 0 Å². The van der Waals surface area contributed by atoms with Crippen LogP contribution in [-0.4, -0.2) is 52.8 Å². The lowest BCUT2D eigenvalue weighted by molar-refractivity contribution is -0.315. The largest absolute Gasteiger partial charge is 0.469 e. The molecule has 27 heavy (non-hydrogen) atoms. The zero-order chi connectivity index (χ0) is 21.3. The molecular weight excluding hydrogens is 364 g/mol. The lowest BCUT2D eigenvalue weighted by atomic mass is 9.80. The molecule has 0 saturated carbocycles. The Kier molecular flexibility index (Phi) is 7.47. The Morgan fingerprint density at radius 3 is 2.19 bits per heavy atom. The van der Waals surface area contributed by atoms with Gasteiger partial charge < -0.3 is 23.4 Å². The van der Waals surface area contributed by atoms with E-state index < -0.39 is 37.5 Å². The van der Waals surface area contributed by atoms with E-state index in [0.717, 1.165) is 6.29 Å². The molecule has 0 bridgehead atoms. The van der Waals surface area contributed by atoms with Crippen LogP contribution in [0, 0.1) is 11.3 Å². The first kappa shape index (κ1) is 24.3. The molecule has 6 nitrogen and oxygen atoms in total. The van der Waals surface area contributed by atoms with E-state index in [-0.39, 0.29) is 11.1 Å². The highest BCUT2D eigenvalue weighted by atomic mass is 28.4. The number of ether oxygens (including phenoxy) is 3. The van der Waals surface area contributed by atoms with Crippen molar-refractivity contribution in [2.45, 2.75) is 90.5 Å². The quantitative estimate of drug-likeness (QED) is 0.365. The van der Waals surface area contributed by atoms with Gasteiger partial charge in [-0.25, -0.2) is 0 Å². The van der Waals surface area contributed by atoms with Crippen molar-refractivity contribution in [1.82, 2.24) is 0 Å². The third-order valence-corrected chi connectivity index (χ3v) is 10.8. The van der Waals surface area contributed by atoms with Gasteiger partial charge >= 0.3 is 5.97 Å². The molecule has 4 atom stereocenters. The van der Waals surface area contributed by atoms with E-state index in [0.29, 0.717) is 12.8 Å². The monoisotopic (exact) mass is 402 g/mol. The third kappa shape index (κ3) is 5.19. The summed E-state index contributed by atoms with van der Waals surface area (Å²) in [6, 6.07) is 0. The second-order valence-electron chi connectivity index (χ2n) is 9.75. The molecule has 1 rings (SSSR count). The first-order valence-corrected chi connectivity index (χ1v) is 12.5. The summed E-state index contributed by atoms with van der Waals surface area (Å²) in [5.41, 5.74) is -0.727. The summed E-state index contributed by atoms with van der Waals surface area (Å²) >= 11 is 0. The molecule has 0 spiro atoms. The van der Waals surface area contributed by atoms with Crippen molar-refractivity contribution < 1.29 is 28.2 Å². The van der Waals surface area contributed by atoms with E-state index in [4.69, 9.17) is 18.6 Å². The van der Waals surface area contributed by atoms with Crippen LogP contribution in [0.3, 0.4) is 0 Å². The van der Waals surface area contributed by atoms with E-state index >= 15 is 0 Å². The van der Waals surface area contributed by atoms with Gasteiger partial charge in [-0.15, -0.1) is 0 Å². The van der Waals surface area contributed by atoms with Crippen LogP contribution in [0.15, 0.2) is 0 Å². The second kappa shape index (κ2) is 8.31. The smallest absolute Gasteiger partial charge is 0.313 e. The average Bonchev–Trinajstić information content (AvgIpc) is 2.58. The molecule has 7 heteroatoms. The predicted octanol–water partition coefficient (Wildman–Crippen LogP) is 3.93. The number of hydrogen-bond donors (Lipinski definition) is 0. The molecular formula is C20H38O6Si. The molecule has 0 amide bonds. The summed E-state index contributed by atoms with van der Waals surface area (Å²) in [6.07, 6.45) is 1.30. The summed E-state index contributed by atoms with van der Waals surface area (Å²) < 4.78 is 23.6. The highest BCUT2D eigenvalue weighted by molar-refractivity contribution is 6.74. The maximum absolute atomic E-state index is 12.3. The first-order valence-electron chi connectivity index (χ1n) is 9.60. The number of carbonyl (C=O) groups is 2. The second-order valence-corrected chi connectivity index (χ2v) is 14.5. The van der Waals surface area contributed by atoms with Crippen molar-refractivity contribution in [1.29, 1.82) is 0 Å². The van der Waals surface area contributed by atoms with E-state index in [1.165, 1.54) is 14.2 Å². The predicted molar refractivity (Wildman–Crippen MR) is 107 cm³/mol. The van der Waals surface area contributed by atoms with Gasteiger partial charge in [-0.2, -0.15) is 0 Å². The number of hydrogen-bond acceptors (Lipinski definition) is 6. The Morgan fingerprint density at radius 1 is 1.22 bits per heavy atom. The van der Waals surface area contributed by atoms with Crippen LogP contribution in [0.25, 0.3) is 0 Å². The Morgan fingerprint density at radius 2 is 1.78 bits per heavy atom. The maximum Gasteiger partial charge on any atom is 0.313 e. The van der Waals surface area contributed by atoms with Crippen molar-refractivity contribution >= 4 is 20.6 Å². The van der Waals surface area contributed by atoms with Gasteiger partial charge in [0.1, 0.15) is 12.2 Å². The standard InChI is InChI=1S/C20H38O6Si/c1-14(17(22)23-7)20(24-8)12-15(26-27(9,10)18(2,3)4)11-16(25-20)19(5,6)13-21/h13-16H,11-12H2,1-10H3/t14?,15-,16-,20+/m1/s1. The fourth-order valence-corrected chi connectivity index (χ4v) is 4.50. The summed E-state index contributed by atoms with van der Waals surface area (Å²) in [5, 5.41) is 0.0463. The van der Waals surface area contributed by atoms with Gasteiger partial charge in [-0.3, -0.25) is 4.79 Å². The van der Waals surface area contributed by atoms with Crippen LogP contribution in [0.1, 0.15) is 54.4 Å². The minimum Gasteiger partial charge on any atom is -0.469 e. The molecule has 1 aliphatic heterocycles. The van der Waals surface area contributed by atoms with Crippen molar-refractivity contribution in [3.8, 4) is 0 Å². The van der Waals surface area contributed by atoms with Crippen molar-refractivity contribution in [3.63, 3.8) is 0 Å². The molecule has 1 unspecified atom stereocenters. The number of esters is 1. The lowest BCUT2D eigenvalue weighted by Crippen LogP contribution is -2.59. The first-order chi connectivity index (χ1) is 12.2. The molecule has 0 aromatic carbocycles. The Hall–Kier alpha value is -0.763. The van der Waals surface area contributed by atoms with Crippen LogP contribution in [0.5, 0.6) is 0 Å². The summed E-state index contributed by atoms with van der Waals surface area (Å²) in [6.45, 7) is 16.4. The van der Waals surface area contributed by atoms with Gasteiger partial charge in [0.25, 0.3) is 0 Å². The minimum absolute atomic E-state index is 0.0463. The Labute approximate surface area is 165 Å². The van der Waals surface area contributed by atoms with Gasteiger partial charge in [0.2, 0.25) is 0 Å². The topological polar surface area (TPSA) is 71.1 Å². The SMILES string of the molecule is COC(=O)C(C)[C@]1(OC)C[C@H](O[Si](C)(C)C(C)(C)C)C[C@H](C(C)(C)C=O)O1. The normalized spacial score (nSPS) is 28.5. The molecule has 1 saturated heterocycles. The van der Waals surface area contributed by atoms with Gasteiger partial charge in [-0.05, 0) is 31.5 Å². The lowest BCUT2D eigenvalue weighted by Gasteiger charge is -2.50. The molecule has 1 heterocycles. The Bertz CT molecular complexity index is 539. The van der Waals surface area contributed by atoms with Crippen molar-refractivity contribution in [2.24, 2.45) is 11.3 Å². The zero-order valence-corrected chi connectivity index (χ0v) is 19.7. The van der Waals surface area contributed by atoms with Crippen molar-refractivity contribution in [2.75, 3.05) is 14.2 Å². The molecule has 0 aliphatic carbocycles. The molecule has 1 fully saturated rings. The molecule has 158 valence electrons. The van der Waals surface area contributed by atoms with Gasteiger partial charge in [0.15, 0.2) is 14.1 Å². The van der Waals surface area contributed by atoms with Crippen LogP contribution in [0.2, 0.25) is 18.1 Å². The van der Waals surface area contributed by atoms with Crippen LogP contribution < -0.4 is 0 Å². The number of rotatable bonds is 7. The third-order valence-electron chi connectivity index (χ3n) is 6.29. The van der Waals surface area contributed by atoms with Crippen LogP contribution >= 0.6 is 0 Å². The highest BCUT2D eigenvalue weighted by Gasteiger charge is 2.54. The fourth-order valence-electron chi connectivity index (χ4n) is 3.13.